The zero-order chi connectivity index (χ0) is 19.1. The number of fused-ring (bicyclic) bond motifs is 1. The SMILES string of the molecule is O=C(O)Oc1cn(C2CC2)c2nc(N3CCNCC3)c([N+](=O)[O-])cc2c1=O. The zero-order valence-corrected chi connectivity index (χ0v) is 14.3. The number of carboxylic acid groups (broad SMARTS) is 1. The molecule has 2 aliphatic rings. The predicted octanol–water partition coefficient (Wildman–Crippen LogP) is 1.11. The van der Waals surface area contributed by atoms with Crippen LogP contribution in [0.1, 0.15) is 18.9 Å². The summed E-state index contributed by atoms with van der Waals surface area (Å²) in [5, 5.41) is 23.6. The van der Waals surface area contributed by atoms with Crippen molar-refractivity contribution in [3.8, 4) is 5.75 Å². The largest absolute Gasteiger partial charge is 0.511 e. The summed E-state index contributed by atoms with van der Waals surface area (Å²) in [7, 11) is 0. The molecule has 1 saturated carbocycles. The maximum absolute atomic E-state index is 12.6. The monoisotopic (exact) mass is 375 g/mol. The first-order chi connectivity index (χ1) is 13.0. The number of pyridine rings is 2. The van der Waals surface area contributed by atoms with Crippen LogP contribution in [0.25, 0.3) is 11.0 Å². The van der Waals surface area contributed by atoms with E-state index in [1.165, 1.54) is 12.3 Å². The van der Waals surface area contributed by atoms with E-state index in [1.807, 2.05) is 4.90 Å². The van der Waals surface area contributed by atoms with Gasteiger partial charge in [-0.05, 0) is 12.8 Å². The minimum Gasteiger partial charge on any atom is -0.449 e. The molecule has 27 heavy (non-hydrogen) atoms. The zero-order valence-electron chi connectivity index (χ0n) is 14.3. The lowest BCUT2D eigenvalue weighted by atomic mass is 10.2. The highest BCUT2D eigenvalue weighted by atomic mass is 16.7. The lowest BCUT2D eigenvalue weighted by Gasteiger charge is -2.28. The summed E-state index contributed by atoms with van der Waals surface area (Å²) >= 11 is 0. The van der Waals surface area contributed by atoms with Crippen molar-refractivity contribution < 1.29 is 19.6 Å². The molecule has 0 spiro atoms. The molecule has 11 heteroatoms. The standard InChI is InChI=1S/C16H17N5O6/c22-13-10-7-11(21(25)26)15(19-5-3-17-4-6-19)18-14(10)20(9-1-2-9)8-12(13)27-16(23)24/h7-9,17H,1-6H2,(H,23,24). The summed E-state index contributed by atoms with van der Waals surface area (Å²) in [6.07, 6.45) is 1.42. The Hall–Kier alpha value is -3.21. The van der Waals surface area contributed by atoms with Crippen LogP contribution in [0.4, 0.5) is 16.3 Å². The van der Waals surface area contributed by atoms with Crippen LogP contribution in [0.2, 0.25) is 0 Å². The summed E-state index contributed by atoms with van der Waals surface area (Å²) in [4.78, 5) is 40.8. The highest BCUT2D eigenvalue weighted by Gasteiger charge is 2.30. The van der Waals surface area contributed by atoms with Crippen molar-refractivity contribution in [2.75, 3.05) is 31.1 Å². The summed E-state index contributed by atoms with van der Waals surface area (Å²) in [5.41, 5.74) is -0.706. The van der Waals surface area contributed by atoms with Gasteiger partial charge >= 0.3 is 11.8 Å². The van der Waals surface area contributed by atoms with Crippen molar-refractivity contribution in [3.05, 3.63) is 32.6 Å². The highest BCUT2D eigenvalue weighted by molar-refractivity contribution is 5.84. The molecule has 0 unspecified atom stereocenters. The smallest absolute Gasteiger partial charge is 0.449 e. The van der Waals surface area contributed by atoms with E-state index in [-0.39, 0.29) is 28.7 Å². The Morgan fingerprint density at radius 1 is 1.37 bits per heavy atom. The summed E-state index contributed by atoms with van der Waals surface area (Å²) < 4.78 is 6.27. The van der Waals surface area contributed by atoms with Crippen LogP contribution < -0.4 is 20.4 Å². The topological polar surface area (TPSA) is 140 Å². The molecule has 3 heterocycles. The molecule has 0 atom stereocenters. The van der Waals surface area contributed by atoms with E-state index in [2.05, 4.69) is 15.0 Å². The Kier molecular flexibility index (Phi) is 4.15. The maximum atomic E-state index is 12.6. The van der Waals surface area contributed by atoms with Crippen molar-refractivity contribution in [2.24, 2.45) is 0 Å². The quantitative estimate of drug-likeness (QED) is 0.457. The lowest BCUT2D eigenvalue weighted by molar-refractivity contribution is -0.384. The molecule has 1 aliphatic carbocycles. The van der Waals surface area contributed by atoms with Crippen molar-refractivity contribution in [2.45, 2.75) is 18.9 Å². The molecule has 4 rings (SSSR count). The van der Waals surface area contributed by atoms with Gasteiger partial charge < -0.3 is 24.6 Å². The normalized spacial score (nSPS) is 17.1. The molecule has 142 valence electrons. The Morgan fingerprint density at radius 3 is 2.67 bits per heavy atom. The maximum Gasteiger partial charge on any atom is 0.511 e. The molecule has 0 bridgehead atoms. The average molecular weight is 375 g/mol. The van der Waals surface area contributed by atoms with E-state index < -0.39 is 16.5 Å². The van der Waals surface area contributed by atoms with Crippen LogP contribution in [-0.4, -0.2) is 51.9 Å². The summed E-state index contributed by atoms with van der Waals surface area (Å²) in [6, 6.07) is 1.24. The highest BCUT2D eigenvalue weighted by Crippen LogP contribution is 2.39. The minimum absolute atomic E-state index is 0.0220. The number of hydrogen-bond donors (Lipinski definition) is 2. The van der Waals surface area contributed by atoms with E-state index in [4.69, 9.17) is 5.11 Å². The van der Waals surface area contributed by atoms with Gasteiger partial charge in [0.1, 0.15) is 5.65 Å². The Morgan fingerprint density at radius 2 is 2.07 bits per heavy atom. The third-order valence-electron chi connectivity index (χ3n) is 4.68. The number of carbonyl (C=O) groups is 1. The van der Waals surface area contributed by atoms with Gasteiger partial charge in [0.15, 0.2) is 5.75 Å². The van der Waals surface area contributed by atoms with Gasteiger partial charge in [0.2, 0.25) is 11.2 Å². The van der Waals surface area contributed by atoms with Gasteiger partial charge in [0.05, 0.1) is 16.5 Å². The summed E-state index contributed by atoms with van der Waals surface area (Å²) in [5.74, 6) is -0.164. The average Bonchev–Trinajstić information content (AvgIpc) is 3.48. The predicted molar refractivity (Wildman–Crippen MR) is 94.7 cm³/mol. The van der Waals surface area contributed by atoms with Crippen LogP contribution in [0, 0.1) is 10.1 Å². The van der Waals surface area contributed by atoms with E-state index in [9.17, 15) is 19.7 Å². The number of nitrogens with zero attached hydrogens (tertiary/aromatic N) is 4. The second kappa shape index (κ2) is 6.50. The van der Waals surface area contributed by atoms with Gasteiger partial charge in [-0.3, -0.25) is 14.9 Å². The Balaban J connectivity index is 1.96. The van der Waals surface area contributed by atoms with Gasteiger partial charge in [0, 0.05) is 38.3 Å². The molecule has 0 radical (unpaired) electrons. The molecule has 0 aromatic carbocycles. The van der Waals surface area contributed by atoms with Crippen LogP contribution in [0.15, 0.2) is 17.1 Å². The van der Waals surface area contributed by atoms with E-state index in [0.29, 0.717) is 31.8 Å². The summed E-state index contributed by atoms with van der Waals surface area (Å²) in [6.45, 7) is 2.48. The molecule has 2 N–H and O–H groups in total. The Bertz CT molecular complexity index is 993. The molecule has 1 aliphatic heterocycles. The first kappa shape index (κ1) is 17.2. The number of nitrogens with one attached hydrogen (secondary N) is 1. The molecule has 2 aromatic heterocycles. The van der Waals surface area contributed by atoms with Gasteiger partial charge in [-0.25, -0.2) is 9.78 Å². The fraction of sp³-hybridized carbons (Fsp3) is 0.438. The number of anilines is 1. The number of aromatic nitrogens is 2. The first-order valence-electron chi connectivity index (χ1n) is 8.56. The number of hydrogen-bond acceptors (Lipinski definition) is 8. The van der Waals surface area contributed by atoms with Crippen LogP contribution in [0.5, 0.6) is 5.75 Å². The molecular weight excluding hydrogens is 358 g/mol. The van der Waals surface area contributed by atoms with Gasteiger partial charge in [0.25, 0.3) is 0 Å². The molecule has 0 amide bonds. The van der Waals surface area contributed by atoms with Crippen LogP contribution in [-0.2, 0) is 0 Å². The fourth-order valence-corrected chi connectivity index (χ4v) is 3.27. The minimum atomic E-state index is -1.62. The molecule has 2 fully saturated rings. The van der Waals surface area contributed by atoms with Crippen molar-refractivity contribution in [3.63, 3.8) is 0 Å². The van der Waals surface area contributed by atoms with Gasteiger partial charge in [-0.15, -0.1) is 0 Å². The van der Waals surface area contributed by atoms with Crippen molar-refractivity contribution >= 4 is 28.7 Å². The molecular formula is C16H17N5O6. The van der Waals surface area contributed by atoms with Gasteiger partial charge in [-0.2, -0.15) is 0 Å². The second-order valence-corrected chi connectivity index (χ2v) is 6.53. The Labute approximate surface area is 152 Å². The fourth-order valence-electron chi connectivity index (χ4n) is 3.27. The third kappa shape index (κ3) is 3.16. The van der Waals surface area contributed by atoms with Crippen LogP contribution >= 0.6 is 0 Å². The second-order valence-electron chi connectivity index (χ2n) is 6.53. The van der Waals surface area contributed by atoms with E-state index in [0.717, 1.165) is 12.8 Å². The molecule has 2 aromatic rings. The van der Waals surface area contributed by atoms with Crippen LogP contribution in [0.3, 0.4) is 0 Å². The number of rotatable bonds is 4. The number of nitro groups is 1. The third-order valence-corrected chi connectivity index (χ3v) is 4.68. The van der Waals surface area contributed by atoms with Crippen molar-refractivity contribution in [1.82, 2.24) is 14.9 Å². The number of piperazine rings is 1. The number of ether oxygens (including phenoxy) is 1. The van der Waals surface area contributed by atoms with Gasteiger partial charge in [-0.1, -0.05) is 0 Å². The molecule has 11 nitrogen and oxygen atoms in total. The van der Waals surface area contributed by atoms with E-state index >= 15 is 0 Å². The lowest BCUT2D eigenvalue weighted by Crippen LogP contribution is -2.44. The van der Waals surface area contributed by atoms with Crippen molar-refractivity contribution in [1.29, 1.82) is 0 Å². The molecule has 1 saturated heterocycles. The first-order valence-corrected chi connectivity index (χ1v) is 8.56. The van der Waals surface area contributed by atoms with E-state index in [1.54, 1.807) is 4.57 Å².